The van der Waals surface area contributed by atoms with Crippen LogP contribution in [0.25, 0.3) is 0 Å². The summed E-state index contributed by atoms with van der Waals surface area (Å²) in [5.41, 5.74) is 0.605. The summed E-state index contributed by atoms with van der Waals surface area (Å²) in [5, 5.41) is 6.81. The Morgan fingerprint density at radius 3 is 2.52 bits per heavy atom. The maximum absolute atomic E-state index is 12.9. The van der Waals surface area contributed by atoms with Crippen LogP contribution in [0.1, 0.15) is 25.6 Å². The van der Waals surface area contributed by atoms with E-state index in [1.807, 2.05) is 0 Å². The van der Waals surface area contributed by atoms with Crippen molar-refractivity contribution >= 4 is 11.6 Å². The molecule has 27 heavy (non-hydrogen) atoms. The second-order valence-corrected chi connectivity index (χ2v) is 7.31. The minimum absolute atomic E-state index is 0.0923. The number of carbonyl (C=O) groups excluding carboxylic acids is 1. The summed E-state index contributed by atoms with van der Waals surface area (Å²) in [6.45, 7) is 8.49. The summed E-state index contributed by atoms with van der Waals surface area (Å²) < 4.78 is 18.2. The van der Waals surface area contributed by atoms with Crippen molar-refractivity contribution in [3.63, 3.8) is 0 Å². The highest BCUT2D eigenvalue weighted by molar-refractivity contribution is 5.92. The predicted octanol–water partition coefficient (Wildman–Crippen LogP) is 2.16. The number of amides is 1. The highest BCUT2D eigenvalue weighted by atomic mass is 19.1. The molecule has 1 saturated heterocycles. The lowest BCUT2D eigenvalue weighted by atomic mass is 10.1. The van der Waals surface area contributed by atoms with Crippen LogP contribution in [0.5, 0.6) is 0 Å². The van der Waals surface area contributed by atoms with Crippen molar-refractivity contribution in [2.75, 3.05) is 38.0 Å². The highest BCUT2D eigenvalue weighted by Crippen LogP contribution is 2.11. The van der Waals surface area contributed by atoms with E-state index < -0.39 is 0 Å². The lowest BCUT2D eigenvalue weighted by Gasteiger charge is -2.33. The van der Waals surface area contributed by atoms with Gasteiger partial charge < -0.3 is 9.84 Å². The molecule has 7 nitrogen and oxygen atoms in total. The summed E-state index contributed by atoms with van der Waals surface area (Å²) in [6.07, 6.45) is 0.820. The van der Waals surface area contributed by atoms with Gasteiger partial charge in [0.25, 0.3) is 0 Å². The van der Waals surface area contributed by atoms with Gasteiger partial charge in [0.2, 0.25) is 11.8 Å². The number of aromatic nitrogens is 2. The third-order valence-corrected chi connectivity index (χ3v) is 4.42. The maximum atomic E-state index is 12.9. The Labute approximate surface area is 158 Å². The number of benzene rings is 1. The van der Waals surface area contributed by atoms with Gasteiger partial charge in [-0.2, -0.15) is 4.98 Å². The summed E-state index contributed by atoms with van der Waals surface area (Å²) in [5.74, 6) is 1.50. The molecule has 1 N–H and O–H groups in total. The van der Waals surface area contributed by atoms with Crippen LogP contribution in [-0.2, 0) is 17.8 Å². The van der Waals surface area contributed by atoms with E-state index in [9.17, 15) is 9.18 Å². The van der Waals surface area contributed by atoms with Gasteiger partial charge in [-0.1, -0.05) is 19.0 Å². The fourth-order valence-corrected chi connectivity index (χ4v) is 3.04. The van der Waals surface area contributed by atoms with Gasteiger partial charge in [0, 0.05) is 38.3 Å². The van der Waals surface area contributed by atoms with Gasteiger partial charge in [-0.15, -0.1) is 0 Å². The number of nitrogens with one attached hydrogen (secondary N) is 1. The zero-order chi connectivity index (χ0) is 19.2. The molecule has 1 amide bonds. The number of nitrogens with zero attached hydrogens (tertiary/aromatic N) is 4. The fourth-order valence-electron chi connectivity index (χ4n) is 3.04. The van der Waals surface area contributed by atoms with E-state index in [2.05, 4.69) is 39.1 Å². The van der Waals surface area contributed by atoms with Crippen LogP contribution >= 0.6 is 0 Å². The van der Waals surface area contributed by atoms with E-state index in [4.69, 9.17) is 4.52 Å². The molecule has 3 rings (SSSR count). The Hall–Kier alpha value is -2.32. The van der Waals surface area contributed by atoms with Crippen molar-refractivity contribution in [3.8, 4) is 0 Å². The van der Waals surface area contributed by atoms with Gasteiger partial charge in [-0.05, 0) is 30.2 Å². The first-order valence-corrected chi connectivity index (χ1v) is 9.29. The van der Waals surface area contributed by atoms with Crippen molar-refractivity contribution in [2.24, 2.45) is 5.92 Å². The van der Waals surface area contributed by atoms with Crippen molar-refractivity contribution in [1.29, 1.82) is 0 Å². The first-order valence-electron chi connectivity index (χ1n) is 9.29. The van der Waals surface area contributed by atoms with Gasteiger partial charge >= 0.3 is 0 Å². The molecule has 1 aromatic carbocycles. The topological polar surface area (TPSA) is 74.5 Å². The van der Waals surface area contributed by atoms with Crippen molar-refractivity contribution in [2.45, 2.75) is 26.8 Å². The highest BCUT2D eigenvalue weighted by Gasteiger charge is 2.21. The zero-order valence-corrected chi connectivity index (χ0v) is 15.8. The molecular weight excluding hydrogens is 349 g/mol. The van der Waals surface area contributed by atoms with E-state index in [0.29, 0.717) is 30.6 Å². The average molecular weight is 375 g/mol. The number of halogens is 1. The minimum Gasteiger partial charge on any atom is -0.338 e. The molecule has 0 saturated carbocycles. The number of carbonyl (C=O) groups is 1. The van der Waals surface area contributed by atoms with Crippen LogP contribution in [0.3, 0.4) is 0 Å². The van der Waals surface area contributed by atoms with E-state index in [1.165, 1.54) is 12.1 Å². The van der Waals surface area contributed by atoms with Crippen LogP contribution in [0.2, 0.25) is 0 Å². The third kappa shape index (κ3) is 6.11. The lowest BCUT2D eigenvalue weighted by Crippen LogP contribution is -2.48. The lowest BCUT2D eigenvalue weighted by molar-refractivity contribution is -0.117. The largest absolute Gasteiger partial charge is 0.338 e. The Morgan fingerprint density at radius 1 is 1.19 bits per heavy atom. The molecule has 1 aromatic heterocycles. The van der Waals surface area contributed by atoms with E-state index in [0.717, 1.165) is 38.4 Å². The molecule has 1 fully saturated rings. The third-order valence-electron chi connectivity index (χ3n) is 4.42. The molecule has 2 heterocycles. The van der Waals surface area contributed by atoms with Gasteiger partial charge in [0.05, 0.1) is 13.1 Å². The van der Waals surface area contributed by atoms with E-state index in [1.54, 1.807) is 12.1 Å². The van der Waals surface area contributed by atoms with Gasteiger partial charge in [0.15, 0.2) is 5.82 Å². The summed E-state index contributed by atoms with van der Waals surface area (Å²) in [6, 6.07) is 5.78. The molecule has 0 atom stereocenters. The number of hydrogen-bond donors (Lipinski definition) is 1. The SMILES string of the molecule is CC(C)Cc1noc(CN2CCN(CC(=O)Nc3ccc(F)cc3)CC2)n1. The summed E-state index contributed by atoms with van der Waals surface area (Å²) >= 11 is 0. The predicted molar refractivity (Wildman–Crippen MR) is 99.6 cm³/mol. The summed E-state index contributed by atoms with van der Waals surface area (Å²) in [4.78, 5) is 20.9. The van der Waals surface area contributed by atoms with E-state index >= 15 is 0 Å². The van der Waals surface area contributed by atoms with Crippen molar-refractivity contribution in [3.05, 3.63) is 41.8 Å². The van der Waals surface area contributed by atoms with Gasteiger partial charge in [0.1, 0.15) is 5.82 Å². The number of hydrogen-bond acceptors (Lipinski definition) is 6. The minimum atomic E-state index is -0.318. The number of anilines is 1. The Balaban J connectivity index is 1.40. The molecule has 0 spiro atoms. The second kappa shape index (κ2) is 9.05. The van der Waals surface area contributed by atoms with Gasteiger partial charge in [-0.25, -0.2) is 4.39 Å². The Morgan fingerprint density at radius 2 is 1.85 bits per heavy atom. The molecule has 8 heteroatoms. The average Bonchev–Trinajstić information content (AvgIpc) is 3.05. The monoisotopic (exact) mass is 375 g/mol. The summed E-state index contributed by atoms with van der Waals surface area (Å²) in [7, 11) is 0. The van der Waals surface area contributed by atoms with E-state index in [-0.39, 0.29) is 11.7 Å². The fraction of sp³-hybridized carbons (Fsp3) is 0.526. The smallest absolute Gasteiger partial charge is 0.240 e. The molecule has 0 aliphatic carbocycles. The number of rotatable bonds is 7. The van der Waals surface area contributed by atoms with Crippen LogP contribution in [0, 0.1) is 11.7 Å². The molecule has 0 radical (unpaired) electrons. The molecular formula is C19H26FN5O2. The quantitative estimate of drug-likeness (QED) is 0.799. The molecule has 0 bridgehead atoms. The standard InChI is InChI=1S/C19H26FN5O2/c1-14(2)11-17-22-19(27-23-17)13-25-9-7-24(8-10-25)12-18(26)21-16-5-3-15(20)4-6-16/h3-6,14H,7-13H2,1-2H3,(H,21,26). The van der Waals surface area contributed by atoms with Crippen LogP contribution < -0.4 is 5.32 Å². The first kappa shape index (κ1) is 19.4. The molecule has 2 aromatic rings. The van der Waals surface area contributed by atoms with Crippen LogP contribution in [0.15, 0.2) is 28.8 Å². The second-order valence-electron chi connectivity index (χ2n) is 7.31. The zero-order valence-electron chi connectivity index (χ0n) is 15.8. The first-order chi connectivity index (χ1) is 13.0. The Bertz CT molecular complexity index is 739. The maximum Gasteiger partial charge on any atom is 0.240 e. The molecule has 146 valence electrons. The molecule has 0 unspecified atom stereocenters. The van der Waals surface area contributed by atoms with Gasteiger partial charge in [-0.3, -0.25) is 14.6 Å². The van der Waals surface area contributed by atoms with Crippen molar-refractivity contribution < 1.29 is 13.7 Å². The molecule has 1 aliphatic rings. The van der Waals surface area contributed by atoms with Crippen LogP contribution in [0.4, 0.5) is 10.1 Å². The molecule has 1 aliphatic heterocycles. The normalized spacial score (nSPS) is 16.0. The Kier molecular flexibility index (Phi) is 6.52. The van der Waals surface area contributed by atoms with Crippen molar-refractivity contribution in [1.82, 2.24) is 19.9 Å². The number of piperazine rings is 1. The van der Waals surface area contributed by atoms with Crippen LogP contribution in [-0.4, -0.2) is 58.6 Å².